The summed E-state index contributed by atoms with van der Waals surface area (Å²) in [5.41, 5.74) is 9.04. The van der Waals surface area contributed by atoms with Crippen LogP contribution in [0.4, 0.5) is 4.39 Å². The maximum Gasteiger partial charge on any atom is 0.279 e. The molecule has 2 aromatic carbocycles. The quantitative estimate of drug-likeness (QED) is 0.579. The summed E-state index contributed by atoms with van der Waals surface area (Å²) >= 11 is 0. The molecular formula is C23H22FN5O3. The first kappa shape index (κ1) is 21.3. The smallest absolute Gasteiger partial charge is 0.279 e. The molecule has 8 nitrogen and oxygen atoms in total. The lowest BCUT2D eigenvalue weighted by atomic mass is 10.1. The van der Waals surface area contributed by atoms with E-state index in [0.717, 1.165) is 11.4 Å². The van der Waals surface area contributed by atoms with Crippen LogP contribution in [0.5, 0.6) is 5.75 Å². The molecule has 0 fully saturated rings. The van der Waals surface area contributed by atoms with Crippen molar-refractivity contribution in [1.29, 1.82) is 0 Å². The Balaban J connectivity index is 1.64. The van der Waals surface area contributed by atoms with Gasteiger partial charge in [-0.3, -0.25) is 9.69 Å². The normalized spacial score (nSPS) is 15.9. The number of amides is 1. The second-order valence-corrected chi connectivity index (χ2v) is 7.28. The van der Waals surface area contributed by atoms with Crippen molar-refractivity contribution in [2.75, 3.05) is 13.7 Å². The number of aliphatic imine (C=N–C) groups is 1. The molecule has 0 bridgehead atoms. The van der Waals surface area contributed by atoms with Gasteiger partial charge in [-0.25, -0.2) is 14.4 Å². The van der Waals surface area contributed by atoms with Crippen LogP contribution in [-0.2, 0) is 4.79 Å². The minimum absolute atomic E-state index is 0.0397. The third-order valence-corrected chi connectivity index (χ3v) is 5.16. The molecule has 1 aromatic heterocycles. The van der Waals surface area contributed by atoms with Gasteiger partial charge in [-0.2, -0.15) is 0 Å². The number of hydrogen-bond acceptors (Lipinski definition) is 6. The first-order valence-corrected chi connectivity index (χ1v) is 9.86. The molecule has 1 atom stereocenters. The minimum Gasteiger partial charge on any atom is -0.495 e. The number of imidazole rings is 1. The van der Waals surface area contributed by atoms with Crippen molar-refractivity contribution in [3.05, 3.63) is 83.3 Å². The predicted molar refractivity (Wildman–Crippen MR) is 118 cm³/mol. The largest absolute Gasteiger partial charge is 0.495 e. The first-order chi connectivity index (χ1) is 15.4. The number of aliphatic hydroxyl groups is 1. The van der Waals surface area contributed by atoms with Crippen molar-refractivity contribution in [3.8, 4) is 11.4 Å². The Bertz CT molecular complexity index is 1220. The van der Waals surface area contributed by atoms with Crippen molar-refractivity contribution < 1.29 is 19.0 Å². The molecule has 2 heterocycles. The van der Waals surface area contributed by atoms with Crippen molar-refractivity contribution in [2.24, 2.45) is 10.7 Å². The molecule has 1 aliphatic heterocycles. The van der Waals surface area contributed by atoms with Crippen molar-refractivity contribution in [1.82, 2.24) is 14.5 Å². The van der Waals surface area contributed by atoms with Crippen LogP contribution in [-0.4, -0.2) is 45.1 Å². The maximum atomic E-state index is 13.3. The van der Waals surface area contributed by atoms with Gasteiger partial charge in [0.25, 0.3) is 5.91 Å². The van der Waals surface area contributed by atoms with Gasteiger partial charge in [0.1, 0.15) is 17.3 Å². The van der Waals surface area contributed by atoms with Gasteiger partial charge in [-0.15, -0.1) is 0 Å². The van der Waals surface area contributed by atoms with Crippen molar-refractivity contribution >= 4 is 17.9 Å². The standard InChI is InChI=1S/C23H22FN5O3/c1-14-11-28(13-26-14)19-8-3-15(10-21(19)32-2)9-18-22(31)29(23(25)27-18)20(12-30)16-4-6-17(24)7-5-16/h3-11,13,20,30H,12H2,1-2H3,(H2,25,27)/t20-/m1/s1. The number of halogens is 1. The summed E-state index contributed by atoms with van der Waals surface area (Å²) in [4.78, 5) is 22.7. The van der Waals surface area contributed by atoms with Crippen LogP contribution < -0.4 is 10.5 Å². The van der Waals surface area contributed by atoms with E-state index in [0.29, 0.717) is 16.9 Å². The van der Waals surface area contributed by atoms with E-state index in [2.05, 4.69) is 9.98 Å². The molecule has 32 heavy (non-hydrogen) atoms. The molecule has 0 saturated carbocycles. The van der Waals surface area contributed by atoms with E-state index in [1.54, 1.807) is 25.6 Å². The van der Waals surface area contributed by atoms with E-state index in [-0.39, 0.29) is 11.7 Å². The Labute approximate surface area is 184 Å². The highest BCUT2D eigenvalue weighted by Gasteiger charge is 2.35. The lowest BCUT2D eigenvalue weighted by Crippen LogP contribution is -2.41. The number of nitrogens with two attached hydrogens (primary N) is 1. The molecule has 1 amide bonds. The van der Waals surface area contributed by atoms with E-state index in [9.17, 15) is 14.3 Å². The Morgan fingerprint density at radius 2 is 2.00 bits per heavy atom. The van der Waals surface area contributed by atoms with E-state index < -0.39 is 24.4 Å². The van der Waals surface area contributed by atoms with E-state index in [1.165, 1.54) is 29.2 Å². The van der Waals surface area contributed by atoms with E-state index in [1.807, 2.05) is 29.8 Å². The van der Waals surface area contributed by atoms with Gasteiger partial charge in [-0.1, -0.05) is 18.2 Å². The second kappa shape index (κ2) is 8.64. The van der Waals surface area contributed by atoms with Gasteiger partial charge in [0.2, 0.25) is 5.96 Å². The molecule has 1 aliphatic rings. The topological polar surface area (TPSA) is 106 Å². The summed E-state index contributed by atoms with van der Waals surface area (Å²) in [5.74, 6) is -0.319. The summed E-state index contributed by atoms with van der Waals surface area (Å²) in [6.07, 6.45) is 5.17. The molecule has 9 heteroatoms. The van der Waals surface area contributed by atoms with Crippen LogP contribution in [0.3, 0.4) is 0 Å². The number of nitrogens with zero attached hydrogens (tertiary/aromatic N) is 4. The highest BCUT2D eigenvalue weighted by Crippen LogP contribution is 2.29. The molecule has 0 radical (unpaired) electrons. The number of hydrogen-bond donors (Lipinski definition) is 2. The SMILES string of the molecule is COc1cc(C=C2N=C(N)N([C@H](CO)c3ccc(F)cc3)C2=O)ccc1-n1cnc(C)c1. The molecule has 0 unspecified atom stereocenters. The number of benzene rings is 2. The van der Waals surface area contributed by atoms with Crippen LogP contribution in [0, 0.1) is 12.7 Å². The van der Waals surface area contributed by atoms with E-state index in [4.69, 9.17) is 10.5 Å². The third kappa shape index (κ3) is 3.97. The van der Waals surface area contributed by atoms with Gasteiger partial charge in [0, 0.05) is 6.20 Å². The Morgan fingerprint density at radius 1 is 1.25 bits per heavy atom. The molecule has 0 spiro atoms. The molecule has 0 saturated heterocycles. The van der Waals surface area contributed by atoms with Crippen LogP contribution in [0.2, 0.25) is 0 Å². The zero-order valence-electron chi connectivity index (χ0n) is 17.6. The fourth-order valence-corrected chi connectivity index (χ4v) is 3.58. The number of ether oxygens (including phenoxy) is 1. The fourth-order valence-electron chi connectivity index (χ4n) is 3.58. The third-order valence-electron chi connectivity index (χ3n) is 5.16. The molecule has 0 aliphatic carbocycles. The van der Waals surface area contributed by atoms with E-state index >= 15 is 0 Å². The highest BCUT2D eigenvalue weighted by molar-refractivity contribution is 6.13. The Kier molecular flexibility index (Phi) is 5.74. The number of aromatic nitrogens is 2. The number of guanidine groups is 1. The Morgan fingerprint density at radius 3 is 2.62 bits per heavy atom. The number of carbonyl (C=O) groups excluding carboxylic acids is 1. The van der Waals surface area contributed by atoms with Gasteiger partial charge in [0.15, 0.2) is 0 Å². The van der Waals surface area contributed by atoms with Crippen molar-refractivity contribution in [2.45, 2.75) is 13.0 Å². The van der Waals surface area contributed by atoms with Crippen LogP contribution in [0.25, 0.3) is 11.8 Å². The van der Waals surface area contributed by atoms with Crippen molar-refractivity contribution in [3.63, 3.8) is 0 Å². The van der Waals surface area contributed by atoms with Gasteiger partial charge in [0.05, 0.1) is 37.5 Å². The molecule has 4 rings (SSSR count). The zero-order chi connectivity index (χ0) is 22.8. The average molecular weight is 435 g/mol. The molecule has 3 aromatic rings. The number of aliphatic hydroxyl groups excluding tert-OH is 1. The monoisotopic (exact) mass is 435 g/mol. The maximum absolute atomic E-state index is 13.3. The Hall–Kier alpha value is -3.98. The summed E-state index contributed by atoms with van der Waals surface area (Å²) in [6.45, 7) is 1.50. The number of rotatable bonds is 6. The second-order valence-electron chi connectivity index (χ2n) is 7.28. The summed E-state index contributed by atoms with van der Waals surface area (Å²) in [6, 6.07) is 10.2. The fraction of sp³-hybridized carbons (Fsp3) is 0.174. The summed E-state index contributed by atoms with van der Waals surface area (Å²) < 4.78 is 20.6. The van der Waals surface area contributed by atoms with Crippen LogP contribution in [0.15, 0.2) is 65.7 Å². The number of methoxy groups -OCH3 is 1. The van der Waals surface area contributed by atoms with Crippen LogP contribution in [0.1, 0.15) is 22.9 Å². The van der Waals surface area contributed by atoms with Crippen LogP contribution >= 0.6 is 0 Å². The summed E-state index contributed by atoms with van der Waals surface area (Å²) in [5, 5.41) is 9.89. The lowest BCUT2D eigenvalue weighted by molar-refractivity contribution is -0.124. The number of aryl methyl sites for hydroxylation is 1. The summed E-state index contributed by atoms with van der Waals surface area (Å²) in [7, 11) is 1.56. The molecular weight excluding hydrogens is 413 g/mol. The zero-order valence-corrected chi connectivity index (χ0v) is 17.6. The predicted octanol–water partition coefficient (Wildman–Crippen LogP) is 2.56. The number of carbonyl (C=O) groups is 1. The van der Waals surface area contributed by atoms with Gasteiger partial charge >= 0.3 is 0 Å². The molecule has 3 N–H and O–H groups in total. The molecule has 164 valence electrons. The minimum atomic E-state index is -0.779. The van der Waals surface area contributed by atoms with Gasteiger partial charge in [-0.05, 0) is 48.4 Å². The average Bonchev–Trinajstić information content (AvgIpc) is 3.33. The highest BCUT2D eigenvalue weighted by atomic mass is 19.1. The first-order valence-electron chi connectivity index (χ1n) is 9.86. The van der Waals surface area contributed by atoms with Gasteiger partial charge < -0.3 is 20.1 Å². The lowest BCUT2D eigenvalue weighted by Gasteiger charge is -2.25.